The van der Waals surface area contributed by atoms with Gasteiger partial charge in [0.2, 0.25) is 0 Å². The van der Waals surface area contributed by atoms with Crippen molar-refractivity contribution in [2.75, 3.05) is 31.1 Å². The zero-order chi connectivity index (χ0) is 21.4. The van der Waals surface area contributed by atoms with E-state index in [0.29, 0.717) is 22.5 Å². The Kier molecular flexibility index (Phi) is 5.01. The van der Waals surface area contributed by atoms with Crippen LogP contribution in [0.15, 0.2) is 53.5 Å². The summed E-state index contributed by atoms with van der Waals surface area (Å²) in [6, 6.07) is 12.5. The molecule has 1 aliphatic rings. The molecule has 0 spiro atoms. The molecule has 0 atom stereocenters. The van der Waals surface area contributed by atoms with E-state index in [9.17, 15) is 14.3 Å². The molecule has 1 saturated heterocycles. The Labute approximate surface area is 177 Å². The molecule has 8 heteroatoms. The van der Waals surface area contributed by atoms with Gasteiger partial charge in [-0.2, -0.15) is 0 Å². The first-order chi connectivity index (χ1) is 15.1. The molecule has 0 aliphatic carbocycles. The maximum absolute atomic E-state index is 14.7. The highest BCUT2D eigenvalue weighted by Gasteiger charge is 2.16. The number of nitrogens with one attached hydrogen (secondary N) is 3. The highest BCUT2D eigenvalue weighted by Crippen LogP contribution is 2.28. The molecular formula is C23H22FN5O2. The third kappa shape index (κ3) is 3.60. The number of piperazine rings is 1. The normalized spacial score (nSPS) is 14.3. The van der Waals surface area contributed by atoms with Crippen molar-refractivity contribution in [1.82, 2.24) is 20.3 Å². The number of H-pyrrole nitrogens is 2. The number of aliphatic hydroxyl groups excluding tert-OH is 1. The lowest BCUT2D eigenvalue weighted by Crippen LogP contribution is -2.43. The molecule has 7 nitrogen and oxygen atoms in total. The molecule has 158 valence electrons. The Hall–Kier alpha value is -3.49. The molecule has 4 aromatic rings. The molecular weight excluding hydrogens is 397 g/mol. The topological polar surface area (TPSA) is 97.0 Å². The average Bonchev–Trinajstić information content (AvgIpc) is 3.23. The minimum absolute atomic E-state index is 0.203. The van der Waals surface area contributed by atoms with Crippen molar-refractivity contribution < 1.29 is 9.50 Å². The fraction of sp³-hybridized carbons (Fsp3) is 0.217. The number of aliphatic hydroxyl groups is 1. The summed E-state index contributed by atoms with van der Waals surface area (Å²) in [6.07, 6.45) is 1.47. The van der Waals surface area contributed by atoms with E-state index in [1.807, 2.05) is 18.2 Å². The van der Waals surface area contributed by atoms with Gasteiger partial charge in [-0.15, -0.1) is 0 Å². The van der Waals surface area contributed by atoms with Crippen LogP contribution in [0.25, 0.3) is 33.5 Å². The van der Waals surface area contributed by atoms with Crippen molar-refractivity contribution in [3.8, 4) is 22.5 Å². The number of imidazole rings is 1. The monoisotopic (exact) mass is 419 g/mol. The summed E-state index contributed by atoms with van der Waals surface area (Å²) in [5, 5.41) is 12.7. The largest absolute Gasteiger partial charge is 0.392 e. The average molecular weight is 419 g/mol. The maximum Gasteiger partial charge on any atom is 0.259 e. The van der Waals surface area contributed by atoms with Crippen molar-refractivity contribution in [3.05, 3.63) is 70.4 Å². The Morgan fingerprint density at radius 3 is 2.74 bits per heavy atom. The van der Waals surface area contributed by atoms with Crippen LogP contribution in [0.3, 0.4) is 0 Å². The third-order valence-corrected chi connectivity index (χ3v) is 5.67. The van der Waals surface area contributed by atoms with Gasteiger partial charge in [-0.1, -0.05) is 18.2 Å². The van der Waals surface area contributed by atoms with Crippen LogP contribution < -0.4 is 15.8 Å². The number of nitrogens with zero attached hydrogens (tertiary/aromatic N) is 2. The number of anilines is 1. The van der Waals surface area contributed by atoms with Crippen LogP contribution >= 0.6 is 0 Å². The number of pyridine rings is 1. The minimum atomic E-state index is -0.506. The van der Waals surface area contributed by atoms with Crippen molar-refractivity contribution in [1.29, 1.82) is 0 Å². The minimum Gasteiger partial charge on any atom is -0.392 e. The second-order valence-electron chi connectivity index (χ2n) is 7.59. The molecule has 3 heterocycles. The van der Waals surface area contributed by atoms with Crippen LogP contribution in [0.2, 0.25) is 0 Å². The molecule has 31 heavy (non-hydrogen) atoms. The van der Waals surface area contributed by atoms with Crippen molar-refractivity contribution >= 4 is 16.7 Å². The summed E-state index contributed by atoms with van der Waals surface area (Å²) in [5.74, 6) is -0.0810. The Morgan fingerprint density at radius 1 is 1.10 bits per heavy atom. The number of halogens is 1. The quantitative estimate of drug-likeness (QED) is 0.408. The van der Waals surface area contributed by atoms with Gasteiger partial charge in [-0.3, -0.25) is 4.79 Å². The van der Waals surface area contributed by atoms with Crippen LogP contribution in [-0.4, -0.2) is 46.2 Å². The van der Waals surface area contributed by atoms with Gasteiger partial charge in [0.25, 0.3) is 5.56 Å². The van der Waals surface area contributed by atoms with Crippen molar-refractivity contribution in [2.24, 2.45) is 0 Å². The molecule has 0 saturated carbocycles. The molecule has 0 unspecified atom stereocenters. The van der Waals surface area contributed by atoms with E-state index >= 15 is 0 Å². The Bertz CT molecular complexity index is 1310. The Balaban J connectivity index is 1.55. The summed E-state index contributed by atoms with van der Waals surface area (Å²) in [4.78, 5) is 25.3. The highest BCUT2D eigenvalue weighted by molar-refractivity contribution is 5.83. The zero-order valence-corrected chi connectivity index (χ0v) is 16.8. The van der Waals surface area contributed by atoms with Crippen LogP contribution in [0.1, 0.15) is 5.56 Å². The number of fused-ring (bicyclic) bond motifs is 1. The molecule has 0 radical (unpaired) electrons. The third-order valence-electron chi connectivity index (χ3n) is 5.67. The van der Waals surface area contributed by atoms with E-state index in [1.165, 1.54) is 12.3 Å². The van der Waals surface area contributed by atoms with Crippen LogP contribution in [0, 0.1) is 5.82 Å². The fourth-order valence-electron chi connectivity index (χ4n) is 3.98. The van der Waals surface area contributed by atoms with E-state index < -0.39 is 12.4 Å². The number of rotatable bonds is 4. The molecule has 1 fully saturated rings. The predicted molar refractivity (Wildman–Crippen MR) is 119 cm³/mol. The number of hydrogen-bond acceptors (Lipinski definition) is 5. The summed E-state index contributed by atoms with van der Waals surface area (Å²) >= 11 is 0. The second kappa shape index (κ2) is 7.98. The van der Waals surface area contributed by atoms with E-state index in [2.05, 4.69) is 25.2 Å². The number of aromatic nitrogens is 3. The molecule has 1 aliphatic heterocycles. The van der Waals surface area contributed by atoms with Crippen molar-refractivity contribution in [3.63, 3.8) is 0 Å². The molecule has 0 bridgehead atoms. The lowest BCUT2D eigenvalue weighted by atomic mass is 10.0. The second-order valence-corrected chi connectivity index (χ2v) is 7.59. The number of aromatic amines is 2. The van der Waals surface area contributed by atoms with Crippen LogP contribution in [0.4, 0.5) is 10.1 Å². The van der Waals surface area contributed by atoms with E-state index in [0.717, 1.165) is 42.9 Å². The van der Waals surface area contributed by atoms with Crippen molar-refractivity contribution in [2.45, 2.75) is 6.61 Å². The van der Waals surface area contributed by atoms with Crippen LogP contribution in [-0.2, 0) is 6.61 Å². The summed E-state index contributed by atoms with van der Waals surface area (Å²) in [5.41, 5.74) is 3.72. The Morgan fingerprint density at radius 2 is 1.94 bits per heavy atom. The van der Waals surface area contributed by atoms with E-state index in [-0.39, 0.29) is 11.1 Å². The molecule has 2 aromatic heterocycles. The van der Waals surface area contributed by atoms with Gasteiger partial charge in [-0.05, 0) is 24.3 Å². The zero-order valence-electron chi connectivity index (χ0n) is 16.8. The predicted octanol–water partition coefficient (Wildman–Crippen LogP) is 2.63. The van der Waals surface area contributed by atoms with Gasteiger partial charge in [0.15, 0.2) is 0 Å². The highest BCUT2D eigenvalue weighted by atomic mass is 19.1. The summed E-state index contributed by atoms with van der Waals surface area (Å²) in [7, 11) is 0. The first-order valence-corrected chi connectivity index (χ1v) is 10.2. The smallest absolute Gasteiger partial charge is 0.259 e. The van der Waals surface area contributed by atoms with Gasteiger partial charge in [0.1, 0.15) is 11.6 Å². The first kappa shape index (κ1) is 19.5. The SMILES string of the molecule is O=c1[nH]cc(-c2cccc(CO)c2F)cc1-c1nc2ccc(N3CCNCC3)cc2[nH]1. The van der Waals surface area contributed by atoms with E-state index in [1.54, 1.807) is 18.2 Å². The van der Waals surface area contributed by atoms with Crippen LogP contribution in [0.5, 0.6) is 0 Å². The molecule has 5 rings (SSSR count). The van der Waals surface area contributed by atoms with Gasteiger partial charge >= 0.3 is 0 Å². The van der Waals surface area contributed by atoms with Gasteiger partial charge < -0.3 is 25.3 Å². The molecule has 4 N–H and O–H groups in total. The maximum atomic E-state index is 14.7. The fourth-order valence-corrected chi connectivity index (χ4v) is 3.98. The lowest BCUT2D eigenvalue weighted by molar-refractivity contribution is 0.276. The number of hydrogen-bond donors (Lipinski definition) is 4. The first-order valence-electron chi connectivity index (χ1n) is 10.2. The molecule has 0 amide bonds. The molecule has 2 aromatic carbocycles. The lowest BCUT2D eigenvalue weighted by Gasteiger charge is -2.29. The van der Waals surface area contributed by atoms with Gasteiger partial charge in [0.05, 0.1) is 23.2 Å². The number of benzene rings is 2. The summed E-state index contributed by atoms with van der Waals surface area (Å²) < 4.78 is 14.7. The van der Waals surface area contributed by atoms with E-state index in [4.69, 9.17) is 0 Å². The standard InChI is InChI=1S/C23H22FN5O2/c24-21-14(13-30)2-1-3-17(21)15-10-18(23(31)26-12-15)22-27-19-5-4-16(11-20(19)28-22)29-8-6-25-7-9-29/h1-5,10-12,25,30H,6-9,13H2,(H,26,31)(H,27,28). The van der Waals surface area contributed by atoms with Gasteiger partial charge in [-0.25, -0.2) is 9.37 Å². The van der Waals surface area contributed by atoms with Gasteiger partial charge in [0, 0.05) is 54.8 Å². The summed E-state index contributed by atoms with van der Waals surface area (Å²) in [6.45, 7) is 3.37.